The molecule has 0 aromatic heterocycles. The highest BCUT2D eigenvalue weighted by atomic mass is 32.2. The van der Waals surface area contributed by atoms with Crippen LogP contribution in [-0.2, 0) is 0 Å². The van der Waals surface area contributed by atoms with Crippen molar-refractivity contribution in [2.45, 2.75) is 51.5 Å². The molecule has 15 heavy (non-hydrogen) atoms. The Kier molecular flexibility index (Phi) is 7.20. The molecule has 1 rings (SSSR count). The van der Waals surface area contributed by atoms with Crippen molar-refractivity contribution in [1.82, 2.24) is 5.32 Å². The molecule has 1 aliphatic rings. The fraction of sp³-hybridized carbons (Fsp3) is 0.846. The molecule has 0 aromatic rings. The molecule has 88 valence electrons. The van der Waals surface area contributed by atoms with E-state index in [1.54, 1.807) is 5.57 Å². The van der Waals surface area contributed by atoms with Crippen molar-refractivity contribution >= 4 is 11.8 Å². The van der Waals surface area contributed by atoms with Crippen LogP contribution >= 0.6 is 11.8 Å². The van der Waals surface area contributed by atoms with E-state index in [0.29, 0.717) is 6.04 Å². The number of allylic oxidation sites excluding steroid dienone is 1. The van der Waals surface area contributed by atoms with Gasteiger partial charge < -0.3 is 5.32 Å². The van der Waals surface area contributed by atoms with E-state index in [1.807, 2.05) is 11.8 Å². The van der Waals surface area contributed by atoms with Crippen LogP contribution in [0.5, 0.6) is 0 Å². The molecule has 2 heteroatoms. The third kappa shape index (κ3) is 5.07. The average molecular weight is 227 g/mol. The maximum Gasteiger partial charge on any atom is 0.0370 e. The Hall–Kier alpha value is 0.0500. The van der Waals surface area contributed by atoms with Gasteiger partial charge in [-0.3, -0.25) is 0 Å². The Labute approximate surface area is 99.1 Å². The van der Waals surface area contributed by atoms with Gasteiger partial charge in [-0.2, -0.15) is 11.8 Å². The van der Waals surface area contributed by atoms with E-state index in [9.17, 15) is 0 Å². The molecule has 1 unspecified atom stereocenters. The van der Waals surface area contributed by atoms with Gasteiger partial charge in [0.15, 0.2) is 0 Å². The maximum atomic E-state index is 3.61. The first-order valence-corrected chi connectivity index (χ1v) is 7.69. The second-order valence-corrected chi connectivity index (χ2v) is 5.21. The quantitative estimate of drug-likeness (QED) is 0.720. The van der Waals surface area contributed by atoms with Crippen molar-refractivity contribution in [3.05, 3.63) is 11.6 Å². The van der Waals surface area contributed by atoms with Crippen LogP contribution in [0, 0.1) is 0 Å². The predicted octanol–water partition coefficient (Wildman–Crippen LogP) is 3.61. The molecule has 1 N–H and O–H groups in total. The number of hydrogen-bond donors (Lipinski definition) is 1. The third-order valence-corrected chi connectivity index (χ3v) is 3.72. The molecule has 0 aliphatic heterocycles. The molecule has 1 atom stereocenters. The number of nitrogens with one attached hydrogen (secondary N) is 1. The molecular weight excluding hydrogens is 202 g/mol. The SMILES string of the molecule is CCNC(CSC)C1=CCCCCCC1. The van der Waals surface area contributed by atoms with E-state index in [0.717, 1.165) is 6.54 Å². The van der Waals surface area contributed by atoms with E-state index in [-0.39, 0.29) is 0 Å². The summed E-state index contributed by atoms with van der Waals surface area (Å²) in [5, 5.41) is 3.61. The van der Waals surface area contributed by atoms with Crippen LogP contribution in [0.1, 0.15) is 45.4 Å². The van der Waals surface area contributed by atoms with Gasteiger partial charge in [0, 0.05) is 11.8 Å². The first-order valence-electron chi connectivity index (χ1n) is 6.29. The lowest BCUT2D eigenvalue weighted by atomic mass is 9.95. The number of thioether (sulfide) groups is 1. The fourth-order valence-electron chi connectivity index (χ4n) is 2.24. The van der Waals surface area contributed by atoms with Crippen molar-refractivity contribution < 1.29 is 0 Å². The molecule has 1 aliphatic carbocycles. The molecule has 0 fully saturated rings. The Balaban J connectivity index is 2.53. The highest BCUT2D eigenvalue weighted by Gasteiger charge is 2.13. The zero-order valence-corrected chi connectivity index (χ0v) is 11.0. The minimum atomic E-state index is 0.628. The summed E-state index contributed by atoms with van der Waals surface area (Å²) < 4.78 is 0. The van der Waals surface area contributed by atoms with E-state index in [4.69, 9.17) is 0 Å². The van der Waals surface area contributed by atoms with Crippen LogP contribution in [0.4, 0.5) is 0 Å². The molecule has 0 saturated carbocycles. The zero-order valence-electron chi connectivity index (χ0n) is 10.2. The van der Waals surface area contributed by atoms with Gasteiger partial charge >= 0.3 is 0 Å². The maximum absolute atomic E-state index is 3.61. The normalized spacial score (nSPS) is 20.3. The fourth-order valence-corrected chi connectivity index (χ4v) is 2.91. The summed E-state index contributed by atoms with van der Waals surface area (Å²) in [6, 6.07) is 0.628. The summed E-state index contributed by atoms with van der Waals surface area (Å²) in [5.74, 6) is 1.22. The van der Waals surface area contributed by atoms with Gasteiger partial charge in [-0.15, -0.1) is 0 Å². The molecule has 0 heterocycles. The van der Waals surface area contributed by atoms with Crippen LogP contribution in [0.2, 0.25) is 0 Å². The van der Waals surface area contributed by atoms with Crippen molar-refractivity contribution in [3.8, 4) is 0 Å². The summed E-state index contributed by atoms with van der Waals surface area (Å²) in [5.41, 5.74) is 1.67. The Bertz CT molecular complexity index is 183. The average Bonchev–Trinajstić information content (AvgIpc) is 2.17. The highest BCUT2D eigenvalue weighted by Crippen LogP contribution is 2.21. The lowest BCUT2D eigenvalue weighted by molar-refractivity contribution is 0.566. The van der Waals surface area contributed by atoms with Gasteiger partial charge in [0.2, 0.25) is 0 Å². The molecule has 0 saturated heterocycles. The van der Waals surface area contributed by atoms with Crippen molar-refractivity contribution in [2.24, 2.45) is 0 Å². The minimum Gasteiger partial charge on any atom is -0.310 e. The van der Waals surface area contributed by atoms with E-state index < -0.39 is 0 Å². The standard InChI is InChI=1S/C13H25NS/c1-3-14-13(11-15-2)12-9-7-5-4-6-8-10-12/h9,13-14H,3-8,10-11H2,1-2H3. The second kappa shape index (κ2) is 8.23. The predicted molar refractivity (Wildman–Crippen MR) is 71.6 cm³/mol. The smallest absolute Gasteiger partial charge is 0.0370 e. The van der Waals surface area contributed by atoms with Crippen molar-refractivity contribution in [3.63, 3.8) is 0 Å². The van der Waals surface area contributed by atoms with Crippen LogP contribution < -0.4 is 5.32 Å². The summed E-state index contributed by atoms with van der Waals surface area (Å²) in [4.78, 5) is 0. The van der Waals surface area contributed by atoms with Crippen LogP contribution in [0.3, 0.4) is 0 Å². The molecule has 0 spiro atoms. The second-order valence-electron chi connectivity index (χ2n) is 4.30. The Morgan fingerprint density at radius 3 is 2.87 bits per heavy atom. The molecule has 0 amide bonds. The Morgan fingerprint density at radius 2 is 2.13 bits per heavy atom. The summed E-state index contributed by atoms with van der Waals surface area (Å²) in [6.07, 6.45) is 13.0. The van der Waals surface area contributed by atoms with Crippen LogP contribution in [-0.4, -0.2) is 24.6 Å². The molecule has 1 nitrogen and oxygen atoms in total. The first kappa shape index (κ1) is 13.1. The Morgan fingerprint density at radius 1 is 1.33 bits per heavy atom. The first-order chi connectivity index (χ1) is 7.38. The van der Waals surface area contributed by atoms with Gasteiger partial charge in [0.25, 0.3) is 0 Å². The van der Waals surface area contributed by atoms with Gasteiger partial charge in [0.05, 0.1) is 0 Å². The van der Waals surface area contributed by atoms with Gasteiger partial charge in [0.1, 0.15) is 0 Å². The molecule has 0 aromatic carbocycles. The summed E-state index contributed by atoms with van der Waals surface area (Å²) >= 11 is 1.95. The largest absolute Gasteiger partial charge is 0.310 e. The lowest BCUT2D eigenvalue weighted by Gasteiger charge is -2.22. The van der Waals surface area contributed by atoms with Crippen molar-refractivity contribution in [2.75, 3.05) is 18.6 Å². The van der Waals surface area contributed by atoms with E-state index in [2.05, 4.69) is 24.6 Å². The van der Waals surface area contributed by atoms with Gasteiger partial charge in [-0.1, -0.05) is 31.4 Å². The minimum absolute atomic E-state index is 0.628. The summed E-state index contributed by atoms with van der Waals surface area (Å²) in [7, 11) is 0. The van der Waals surface area contributed by atoms with Crippen molar-refractivity contribution in [1.29, 1.82) is 0 Å². The number of rotatable bonds is 5. The zero-order chi connectivity index (χ0) is 10.9. The highest BCUT2D eigenvalue weighted by molar-refractivity contribution is 7.98. The van der Waals surface area contributed by atoms with E-state index >= 15 is 0 Å². The molecule has 0 radical (unpaired) electrons. The lowest BCUT2D eigenvalue weighted by Crippen LogP contribution is -2.33. The molecular formula is C13H25NS. The van der Waals surface area contributed by atoms with Gasteiger partial charge in [-0.25, -0.2) is 0 Å². The van der Waals surface area contributed by atoms with Gasteiger partial charge in [-0.05, 0) is 38.5 Å². The van der Waals surface area contributed by atoms with Crippen LogP contribution in [0.15, 0.2) is 11.6 Å². The topological polar surface area (TPSA) is 12.0 Å². The van der Waals surface area contributed by atoms with E-state index in [1.165, 1.54) is 44.3 Å². The molecule has 0 bridgehead atoms. The number of hydrogen-bond acceptors (Lipinski definition) is 2. The third-order valence-electron chi connectivity index (χ3n) is 3.06. The van der Waals surface area contributed by atoms with Crippen LogP contribution in [0.25, 0.3) is 0 Å². The summed E-state index contributed by atoms with van der Waals surface area (Å²) in [6.45, 7) is 3.29. The number of likely N-dealkylation sites (N-methyl/N-ethyl adjacent to an activating group) is 1. The monoisotopic (exact) mass is 227 g/mol.